The first-order valence-electron chi connectivity index (χ1n) is 16.8. The van der Waals surface area contributed by atoms with Gasteiger partial charge in [-0.3, -0.25) is 0 Å². The molecule has 3 nitrogen and oxygen atoms in total. The average molecular weight is 579 g/mol. The molecule has 0 spiro atoms. The van der Waals surface area contributed by atoms with E-state index in [1.54, 1.807) is 121 Å². The molecule has 0 aliphatic heterocycles. The monoisotopic (exact) mass is 578 g/mol. The normalized spacial score (nSPS) is 14.3. The third-order valence-electron chi connectivity index (χ3n) is 6.58. The van der Waals surface area contributed by atoms with E-state index in [9.17, 15) is 0 Å². The molecule has 41 heavy (non-hydrogen) atoms. The molecule has 0 aliphatic carbocycles. The van der Waals surface area contributed by atoms with Crippen LogP contribution >= 0.6 is 14.3 Å². The number of para-hydroxylation sites is 2. The molecule has 5 heteroatoms. The molecule has 6 rings (SSSR count). The van der Waals surface area contributed by atoms with Gasteiger partial charge in [-0.2, -0.15) is 0 Å². The molecule has 0 amide bonds. The maximum absolute atomic E-state index is 15.6. The van der Waals surface area contributed by atoms with Gasteiger partial charge in [-0.1, -0.05) is 145 Å². The van der Waals surface area contributed by atoms with Gasteiger partial charge in [-0.25, -0.2) is 0 Å². The van der Waals surface area contributed by atoms with Crippen LogP contribution in [-0.4, -0.2) is 0 Å². The lowest BCUT2D eigenvalue weighted by molar-refractivity contribution is 0.489. The van der Waals surface area contributed by atoms with E-state index >= 15 is 9.13 Å². The largest absolute Gasteiger partial charge is 0.456 e. The fourth-order valence-electron chi connectivity index (χ4n) is 4.65. The summed E-state index contributed by atoms with van der Waals surface area (Å²) in [5, 5.41) is 0.166. The lowest BCUT2D eigenvalue weighted by Gasteiger charge is -2.25. The van der Waals surface area contributed by atoms with E-state index in [-0.39, 0.29) is 21.2 Å². The lowest BCUT2D eigenvalue weighted by Crippen LogP contribution is -2.27. The molecule has 0 fully saturated rings. The lowest BCUT2D eigenvalue weighted by atomic mass is 10.3. The molecular formula is C36H28O3P2. The van der Waals surface area contributed by atoms with Crippen LogP contribution in [0.1, 0.15) is 11.0 Å². The van der Waals surface area contributed by atoms with E-state index < -0.39 is 84.7 Å². The molecule has 6 aromatic carbocycles. The number of rotatable bonds is 8. The van der Waals surface area contributed by atoms with E-state index in [4.69, 9.17) is 15.7 Å². The van der Waals surface area contributed by atoms with Crippen LogP contribution in [0.4, 0.5) is 0 Å². The topological polar surface area (TPSA) is 43.4 Å². The van der Waals surface area contributed by atoms with Crippen molar-refractivity contribution >= 4 is 46.1 Å². The minimum Gasteiger partial charge on any atom is -0.456 e. The van der Waals surface area contributed by atoms with Gasteiger partial charge < -0.3 is 13.9 Å². The maximum Gasteiger partial charge on any atom is 0.174 e. The molecule has 0 N–H and O–H groups in total. The van der Waals surface area contributed by atoms with Crippen molar-refractivity contribution in [2.24, 2.45) is 0 Å². The van der Waals surface area contributed by atoms with Gasteiger partial charge in [0.2, 0.25) is 0 Å². The Morgan fingerprint density at radius 1 is 0.415 bits per heavy atom. The first-order chi connectivity index (χ1) is 23.4. The van der Waals surface area contributed by atoms with Gasteiger partial charge in [0.15, 0.2) is 14.3 Å². The highest BCUT2D eigenvalue weighted by Crippen LogP contribution is 2.48. The zero-order valence-electron chi connectivity index (χ0n) is 29.7. The van der Waals surface area contributed by atoms with Crippen LogP contribution < -0.4 is 36.6 Å². The number of ether oxygens (including phenoxy) is 1. The number of hydrogen-bond donors (Lipinski definition) is 0. The van der Waals surface area contributed by atoms with Crippen LogP contribution in [0.25, 0.3) is 0 Å². The summed E-state index contributed by atoms with van der Waals surface area (Å²) in [4.78, 5) is 0. The highest BCUT2D eigenvalue weighted by Gasteiger charge is 2.35. The number of hydrogen-bond acceptors (Lipinski definition) is 3. The van der Waals surface area contributed by atoms with Crippen LogP contribution in [0.3, 0.4) is 0 Å². The van der Waals surface area contributed by atoms with E-state index in [0.717, 1.165) is 0 Å². The second-order valence-corrected chi connectivity index (χ2v) is 14.4. The van der Waals surface area contributed by atoms with Gasteiger partial charge in [-0.15, -0.1) is 0 Å². The summed E-state index contributed by atoms with van der Waals surface area (Å²) in [6.45, 7) is 0. The fourth-order valence-corrected chi connectivity index (χ4v) is 9.85. The highest BCUT2D eigenvalue weighted by atomic mass is 31.2. The zero-order valence-corrected chi connectivity index (χ0v) is 23.5. The summed E-state index contributed by atoms with van der Waals surface area (Å²) < 4.78 is 108. The summed E-state index contributed by atoms with van der Waals surface area (Å²) in [6.07, 6.45) is 0. The third-order valence-corrected chi connectivity index (χ3v) is 12.6. The Morgan fingerprint density at radius 3 is 0.976 bits per heavy atom. The zero-order chi connectivity index (χ0) is 35.1. The molecule has 0 saturated carbocycles. The van der Waals surface area contributed by atoms with Crippen LogP contribution in [0.15, 0.2) is 170 Å². The van der Waals surface area contributed by atoms with Gasteiger partial charge in [0.05, 0.1) is 21.6 Å². The van der Waals surface area contributed by atoms with Crippen LogP contribution in [0, 0.1) is 0 Å². The van der Waals surface area contributed by atoms with Crippen molar-refractivity contribution in [3.05, 3.63) is 170 Å². The Kier molecular flexibility index (Phi) is 5.33. The van der Waals surface area contributed by atoms with Gasteiger partial charge in [0.25, 0.3) is 0 Å². The van der Waals surface area contributed by atoms with Crippen molar-refractivity contribution in [1.82, 2.24) is 0 Å². The molecule has 0 atom stereocenters. The molecule has 0 saturated heterocycles. The minimum absolute atomic E-state index is 0.241. The quantitative estimate of drug-likeness (QED) is 0.188. The summed E-state index contributed by atoms with van der Waals surface area (Å²) in [5.74, 6) is -1.22. The summed E-state index contributed by atoms with van der Waals surface area (Å²) in [7, 11) is -8.36. The second kappa shape index (κ2) is 11.6. The minimum atomic E-state index is -4.18. The highest BCUT2D eigenvalue weighted by molar-refractivity contribution is 7.86. The number of benzene rings is 6. The van der Waals surface area contributed by atoms with Crippen molar-refractivity contribution in [1.29, 1.82) is 0 Å². The summed E-state index contributed by atoms with van der Waals surface area (Å²) >= 11 is 0. The molecule has 0 heterocycles. The molecule has 0 bridgehead atoms. The Bertz CT molecular complexity index is 2040. The van der Waals surface area contributed by atoms with E-state index in [2.05, 4.69) is 0 Å². The molecule has 0 aliphatic rings. The molecule has 0 unspecified atom stereocenters. The first kappa shape index (κ1) is 18.8. The molecule has 0 aromatic heterocycles. The van der Waals surface area contributed by atoms with E-state index in [1.807, 2.05) is 0 Å². The summed E-state index contributed by atoms with van der Waals surface area (Å²) in [6, 6.07) is 27.2. The maximum atomic E-state index is 15.6. The van der Waals surface area contributed by atoms with Crippen molar-refractivity contribution < 1.29 is 24.8 Å². The average Bonchev–Trinajstić information content (AvgIpc) is 3.15. The Balaban J connectivity index is 1.76. The van der Waals surface area contributed by atoms with Crippen LogP contribution in [0.5, 0.6) is 11.5 Å². The van der Waals surface area contributed by atoms with Crippen LogP contribution in [-0.2, 0) is 9.13 Å². The summed E-state index contributed by atoms with van der Waals surface area (Å²) in [5.41, 5.74) is 0. The second-order valence-electron chi connectivity index (χ2n) is 9.02. The van der Waals surface area contributed by atoms with Gasteiger partial charge in [0.1, 0.15) is 11.5 Å². The van der Waals surface area contributed by atoms with Crippen molar-refractivity contribution in [2.75, 3.05) is 0 Å². The smallest absolute Gasteiger partial charge is 0.174 e. The van der Waals surface area contributed by atoms with E-state index in [0.29, 0.717) is 0 Å². The molecule has 200 valence electrons. The standard InChI is InChI=1S/C36H28O3P2/c37-40(29-17-5-1-6-18-29,30-19-7-2-8-20-30)35-27-15-13-25-33(35)39-34-26-14-16-28-36(34)41(38,31-21-9-3-10-22-31)32-23-11-4-12-24-32/h1-28H/i13D,14D,15D,16D,25D,26D,27D,28D. The van der Waals surface area contributed by atoms with Crippen LogP contribution in [0.2, 0.25) is 0 Å². The van der Waals surface area contributed by atoms with Gasteiger partial charge in [0, 0.05) is 21.2 Å². The fraction of sp³-hybridized carbons (Fsp3) is 0. The van der Waals surface area contributed by atoms with E-state index in [1.165, 1.54) is 0 Å². The van der Waals surface area contributed by atoms with Crippen molar-refractivity contribution in [3.8, 4) is 11.5 Å². The predicted octanol–water partition coefficient (Wildman–Crippen LogP) is 6.76. The third kappa shape index (κ3) is 5.00. The predicted molar refractivity (Wildman–Crippen MR) is 172 cm³/mol. The Morgan fingerprint density at radius 2 is 0.683 bits per heavy atom. The van der Waals surface area contributed by atoms with Gasteiger partial charge in [-0.05, 0) is 24.2 Å². The molecular weight excluding hydrogens is 542 g/mol. The first-order valence-corrected chi connectivity index (χ1v) is 16.2. The van der Waals surface area contributed by atoms with Crippen molar-refractivity contribution in [3.63, 3.8) is 0 Å². The SMILES string of the molecule is [2H]c1c([2H])c([2H])c(P(=O)(c2ccccc2)c2ccccc2)c(Oc2c([2H])c([2H])c([2H])c([2H])c2P(=O)(c2ccccc2)c2ccccc2)c1[2H]. The Hall–Kier alpha value is -4.42. The van der Waals surface area contributed by atoms with Crippen molar-refractivity contribution in [2.45, 2.75) is 0 Å². The molecule has 0 radical (unpaired) electrons. The Labute approximate surface area is 252 Å². The van der Waals surface area contributed by atoms with Gasteiger partial charge >= 0.3 is 0 Å². The molecule has 6 aromatic rings.